The molecule has 0 unspecified atom stereocenters. The average molecular weight is 334 g/mol. The monoisotopic (exact) mass is 334 g/mol. The molecule has 4 heteroatoms. The number of rotatable bonds is 5. The predicted octanol–water partition coefficient (Wildman–Crippen LogP) is 4.25. The van der Waals surface area contributed by atoms with Crippen molar-refractivity contribution in [2.75, 3.05) is 6.26 Å². The van der Waals surface area contributed by atoms with Gasteiger partial charge in [0.1, 0.15) is 0 Å². The summed E-state index contributed by atoms with van der Waals surface area (Å²) in [6.45, 7) is 0. The van der Waals surface area contributed by atoms with E-state index >= 15 is 0 Å². The maximum atomic E-state index is 12.1. The van der Waals surface area contributed by atoms with E-state index in [1.165, 1.54) is 4.90 Å². The summed E-state index contributed by atoms with van der Waals surface area (Å²) in [6, 6.07) is 22.1. The molecule has 3 aromatic carbocycles. The molecule has 0 bridgehead atoms. The molecule has 0 aliphatic rings. The number of fused-ring (bicyclic) bond motifs is 1. The van der Waals surface area contributed by atoms with Crippen LogP contribution in [0.15, 0.2) is 76.7 Å². The van der Waals surface area contributed by atoms with Crippen molar-refractivity contribution in [3.63, 3.8) is 0 Å². The fourth-order valence-corrected chi connectivity index (χ4v) is 2.94. The van der Waals surface area contributed by atoms with Crippen LogP contribution in [0.2, 0.25) is 0 Å². The number of carbonyl (C=O) groups is 1. The van der Waals surface area contributed by atoms with E-state index < -0.39 is 0 Å². The standard InChI is InChI=1S/C20H18N2OS/c1-24-18-11-9-15(10-12-18)14-21-22-20(23)13-17-7-4-6-16-5-2-3-8-19(16)17/h2-12,14H,13H2,1H3,(H,22,23)/b21-14-. The van der Waals surface area contributed by atoms with E-state index in [2.05, 4.69) is 10.5 Å². The molecule has 0 radical (unpaired) electrons. The number of nitrogens with zero attached hydrogens (tertiary/aromatic N) is 1. The first-order valence-corrected chi connectivity index (χ1v) is 8.91. The number of benzene rings is 3. The molecule has 0 aliphatic heterocycles. The van der Waals surface area contributed by atoms with E-state index in [4.69, 9.17) is 0 Å². The molecule has 0 saturated carbocycles. The summed E-state index contributed by atoms with van der Waals surface area (Å²) >= 11 is 1.69. The maximum absolute atomic E-state index is 12.1. The zero-order valence-corrected chi connectivity index (χ0v) is 14.2. The lowest BCUT2D eigenvalue weighted by atomic mass is 10.0. The van der Waals surface area contributed by atoms with Crippen LogP contribution in [0.1, 0.15) is 11.1 Å². The van der Waals surface area contributed by atoms with E-state index in [9.17, 15) is 4.79 Å². The number of thioether (sulfide) groups is 1. The van der Waals surface area contributed by atoms with Gasteiger partial charge in [0.25, 0.3) is 0 Å². The highest BCUT2D eigenvalue weighted by Crippen LogP contribution is 2.18. The van der Waals surface area contributed by atoms with Crippen LogP contribution in [0.4, 0.5) is 0 Å². The molecular formula is C20H18N2OS. The Morgan fingerprint density at radius 3 is 2.58 bits per heavy atom. The van der Waals surface area contributed by atoms with E-state index in [0.29, 0.717) is 6.42 Å². The molecule has 0 aromatic heterocycles. The van der Waals surface area contributed by atoms with Crippen LogP contribution < -0.4 is 5.43 Å². The topological polar surface area (TPSA) is 41.5 Å². The van der Waals surface area contributed by atoms with Gasteiger partial charge in [-0.25, -0.2) is 5.43 Å². The summed E-state index contributed by atoms with van der Waals surface area (Å²) in [6.07, 6.45) is 4.01. The number of nitrogens with one attached hydrogen (secondary N) is 1. The minimum atomic E-state index is -0.122. The Morgan fingerprint density at radius 1 is 1.04 bits per heavy atom. The highest BCUT2D eigenvalue weighted by atomic mass is 32.2. The summed E-state index contributed by atoms with van der Waals surface area (Å²) in [5.41, 5.74) is 4.56. The minimum absolute atomic E-state index is 0.122. The van der Waals surface area contributed by atoms with Gasteiger partial charge in [0.2, 0.25) is 5.91 Å². The lowest BCUT2D eigenvalue weighted by Crippen LogP contribution is -2.19. The number of hydrogen-bond donors (Lipinski definition) is 1. The van der Waals surface area contributed by atoms with Crippen LogP contribution in [0.25, 0.3) is 10.8 Å². The van der Waals surface area contributed by atoms with Crippen LogP contribution >= 0.6 is 11.8 Å². The fraction of sp³-hybridized carbons (Fsp3) is 0.100. The molecule has 3 aromatic rings. The van der Waals surface area contributed by atoms with Crippen LogP contribution in [0.5, 0.6) is 0 Å². The Labute approximate surface area is 145 Å². The molecule has 0 saturated heterocycles. The zero-order chi connectivity index (χ0) is 16.8. The fourth-order valence-electron chi connectivity index (χ4n) is 2.53. The van der Waals surface area contributed by atoms with Gasteiger partial charge in [0, 0.05) is 4.90 Å². The lowest BCUT2D eigenvalue weighted by molar-refractivity contribution is -0.120. The van der Waals surface area contributed by atoms with Crippen molar-refractivity contribution in [3.05, 3.63) is 77.9 Å². The summed E-state index contributed by atoms with van der Waals surface area (Å²) < 4.78 is 0. The van der Waals surface area contributed by atoms with Gasteiger partial charge in [0.05, 0.1) is 12.6 Å². The lowest BCUT2D eigenvalue weighted by Gasteiger charge is -2.05. The first kappa shape index (κ1) is 16.3. The highest BCUT2D eigenvalue weighted by Gasteiger charge is 2.05. The largest absolute Gasteiger partial charge is 0.273 e. The Balaban J connectivity index is 1.63. The van der Waals surface area contributed by atoms with Crippen LogP contribution in [0.3, 0.4) is 0 Å². The Hall–Kier alpha value is -2.59. The molecule has 3 rings (SSSR count). The van der Waals surface area contributed by atoms with Crippen molar-refractivity contribution in [1.29, 1.82) is 0 Å². The molecule has 0 aliphatic carbocycles. The normalized spacial score (nSPS) is 11.0. The van der Waals surface area contributed by atoms with Crippen molar-refractivity contribution in [1.82, 2.24) is 5.43 Å². The average Bonchev–Trinajstić information content (AvgIpc) is 2.63. The van der Waals surface area contributed by atoms with Crippen LogP contribution in [-0.2, 0) is 11.2 Å². The molecule has 0 atom stereocenters. The summed E-state index contributed by atoms with van der Waals surface area (Å²) in [7, 11) is 0. The number of amides is 1. The third-order valence-electron chi connectivity index (χ3n) is 3.75. The van der Waals surface area contributed by atoms with Gasteiger partial charge in [-0.3, -0.25) is 4.79 Å². The van der Waals surface area contributed by atoms with E-state index in [-0.39, 0.29) is 5.91 Å². The molecule has 0 heterocycles. The number of hydrazone groups is 1. The molecule has 1 amide bonds. The van der Waals surface area contributed by atoms with Crippen LogP contribution in [0, 0.1) is 0 Å². The third kappa shape index (κ3) is 4.03. The van der Waals surface area contributed by atoms with Crippen molar-refractivity contribution < 1.29 is 4.79 Å². The summed E-state index contributed by atoms with van der Waals surface area (Å²) in [5.74, 6) is -0.122. The van der Waals surface area contributed by atoms with Crippen molar-refractivity contribution in [2.45, 2.75) is 11.3 Å². The molecule has 0 fully saturated rings. The summed E-state index contributed by atoms with van der Waals surface area (Å²) in [4.78, 5) is 13.3. The third-order valence-corrected chi connectivity index (χ3v) is 4.49. The molecule has 120 valence electrons. The second-order valence-corrected chi connectivity index (χ2v) is 6.26. The quantitative estimate of drug-likeness (QED) is 0.430. The first-order valence-electron chi connectivity index (χ1n) is 7.69. The smallest absolute Gasteiger partial charge is 0.244 e. The second kappa shape index (κ2) is 7.79. The van der Waals surface area contributed by atoms with Gasteiger partial charge in [0.15, 0.2) is 0 Å². The SMILES string of the molecule is CSc1ccc(/C=N\NC(=O)Cc2cccc3ccccc23)cc1. The van der Waals surface area contributed by atoms with Crippen LogP contribution in [-0.4, -0.2) is 18.4 Å². The first-order chi connectivity index (χ1) is 11.8. The van der Waals surface area contributed by atoms with Crippen molar-refractivity contribution in [3.8, 4) is 0 Å². The van der Waals surface area contributed by atoms with Crippen molar-refractivity contribution in [2.24, 2.45) is 5.10 Å². The van der Waals surface area contributed by atoms with E-state index in [0.717, 1.165) is 21.9 Å². The maximum Gasteiger partial charge on any atom is 0.244 e. The molecule has 24 heavy (non-hydrogen) atoms. The second-order valence-electron chi connectivity index (χ2n) is 5.38. The molecule has 0 spiro atoms. The molecule has 1 N–H and O–H groups in total. The highest BCUT2D eigenvalue weighted by molar-refractivity contribution is 7.98. The van der Waals surface area contributed by atoms with Gasteiger partial charge in [-0.05, 0) is 40.3 Å². The number of carbonyl (C=O) groups excluding carboxylic acids is 1. The Bertz CT molecular complexity index is 867. The summed E-state index contributed by atoms with van der Waals surface area (Å²) in [5, 5.41) is 6.28. The van der Waals surface area contributed by atoms with Gasteiger partial charge in [-0.15, -0.1) is 11.8 Å². The van der Waals surface area contributed by atoms with E-state index in [1.54, 1.807) is 18.0 Å². The zero-order valence-electron chi connectivity index (χ0n) is 13.4. The van der Waals surface area contributed by atoms with Gasteiger partial charge in [-0.1, -0.05) is 54.6 Å². The van der Waals surface area contributed by atoms with Gasteiger partial charge in [-0.2, -0.15) is 5.10 Å². The van der Waals surface area contributed by atoms with Gasteiger partial charge < -0.3 is 0 Å². The van der Waals surface area contributed by atoms with E-state index in [1.807, 2.05) is 73.0 Å². The van der Waals surface area contributed by atoms with Gasteiger partial charge >= 0.3 is 0 Å². The minimum Gasteiger partial charge on any atom is -0.273 e. The van der Waals surface area contributed by atoms with Crippen molar-refractivity contribution >= 4 is 34.7 Å². The molecule has 3 nitrogen and oxygen atoms in total. The number of hydrogen-bond acceptors (Lipinski definition) is 3. The molecular weight excluding hydrogens is 316 g/mol. The Kier molecular flexibility index (Phi) is 5.29. The predicted molar refractivity (Wildman–Crippen MR) is 102 cm³/mol. The Morgan fingerprint density at radius 2 is 1.79 bits per heavy atom.